The average Bonchev–Trinajstić information content (AvgIpc) is 2.93. The Hall–Kier alpha value is -2.57. The van der Waals surface area contributed by atoms with Crippen LogP contribution in [0.4, 0.5) is 11.4 Å². The second-order valence-corrected chi connectivity index (χ2v) is 7.89. The molecule has 5 nitrogen and oxygen atoms in total. The lowest BCUT2D eigenvalue weighted by molar-refractivity contribution is -0.127. The van der Waals surface area contributed by atoms with Crippen molar-refractivity contribution in [1.82, 2.24) is 4.90 Å². The van der Waals surface area contributed by atoms with Gasteiger partial charge in [0.15, 0.2) is 5.17 Å². The molecule has 1 heterocycles. The minimum absolute atomic E-state index is 0.0520. The number of amidine groups is 1. The second kappa shape index (κ2) is 9.08. The van der Waals surface area contributed by atoms with E-state index >= 15 is 0 Å². The molecule has 0 radical (unpaired) electrons. The molecule has 2 aromatic rings. The first kappa shape index (κ1) is 20.2. The molecule has 1 fully saturated rings. The minimum Gasteiger partial charge on any atom is -0.326 e. The Morgan fingerprint density at radius 1 is 1.32 bits per heavy atom. The molecule has 0 bridgehead atoms. The number of aliphatic imine (C=N–C) groups is 1. The predicted octanol–water partition coefficient (Wildman–Crippen LogP) is 4.79. The van der Waals surface area contributed by atoms with Crippen LogP contribution in [0.1, 0.15) is 12.0 Å². The number of rotatable bonds is 6. The standard InChI is InChI=1S/C21H20ClN3O2S/c1-3-11-25-20(27)18(13-19(26)23-16-9-6-8-15(22)12-16)28-21(25)24-17-10-5-4-7-14(17)2/h3-10,12,18H,1,11,13H2,2H3,(H,23,26). The molecule has 2 aromatic carbocycles. The highest BCUT2D eigenvalue weighted by Gasteiger charge is 2.38. The van der Waals surface area contributed by atoms with E-state index in [1.165, 1.54) is 11.8 Å². The molecular weight excluding hydrogens is 394 g/mol. The fourth-order valence-corrected chi connectivity index (χ4v) is 4.11. The van der Waals surface area contributed by atoms with Crippen LogP contribution >= 0.6 is 23.4 Å². The summed E-state index contributed by atoms with van der Waals surface area (Å²) in [6.45, 7) is 6.03. The molecule has 144 valence electrons. The third kappa shape index (κ3) is 4.82. The van der Waals surface area contributed by atoms with Crippen molar-refractivity contribution in [3.8, 4) is 0 Å². The van der Waals surface area contributed by atoms with Gasteiger partial charge in [-0.2, -0.15) is 0 Å². The summed E-state index contributed by atoms with van der Waals surface area (Å²) in [5, 5.41) is 3.38. The average molecular weight is 414 g/mol. The highest BCUT2D eigenvalue weighted by atomic mass is 35.5. The molecule has 0 spiro atoms. The number of anilines is 1. The fourth-order valence-electron chi connectivity index (χ4n) is 2.76. The van der Waals surface area contributed by atoms with Gasteiger partial charge in [-0.05, 0) is 36.8 Å². The van der Waals surface area contributed by atoms with E-state index in [0.717, 1.165) is 11.3 Å². The van der Waals surface area contributed by atoms with Crippen LogP contribution in [0.2, 0.25) is 5.02 Å². The van der Waals surface area contributed by atoms with Gasteiger partial charge in [0.05, 0.1) is 5.69 Å². The number of amides is 2. The zero-order valence-electron chi connectivity index (χ0n) is 15.4. The molecule has 1 saturated heterocycles. The van der Waals surface area contributed by atoms with E-state index in [0.29, 0.717) is 22.4 Å². The van der Waals surface area contributed by atoms with Crippen LogP contribution in [0.25, 0.3) is 0 Å². The number of nitrogens with zero attached hydrogens (tertiary/aromatic N) is 2. The quantitative estimate of drug-likeness (QED) is 0.692. The normalized spacial score (nSPS) is 17.8. The molecule has 3 rings (SSSR count). The maximum atomic E-state index is 12.8. The van der Waals surface area contributed by atoms with Gasteiger partial charge in [0.25, 0.3) is 0 Å². The summed E-state index contributed by atoms with van der Waals surface area (Å²) in [7, 11) is 0. The highest BCUT2D eigenvalue weighted by Crippen LogP contribution is 2.32. The van der Waals surface area contributed by atoms with E-state index in [2.05, 4.69) is 16.9 Å². The van der Waals surface area contributed by atoms with Gasteiger partial charge in [0.2, 0.25) is 11.8 Å². The van der Waals surface area contributed by atoms with Gasteiger partial charge in [0, 0.05) is 23.7 Å². The number of hydrogen-bond acceptors (Lipinski definition) is 4. The van der Waals surface area contributed by atoms with Gasteiger partial charge in [-0.25, -0.2) is 4.99 Å². The van der Waals surface area contributed by atoms with Gasteiger partial charge in [-0.15, -0.1) is 6.58 Å². The van der Waals surface area contributed by atoms with Crippen molar-refractivity contribution >= 4 is 51.7 Å². The van der Waals surface area contributed by atoms with Gasteiger partial charge >= 0.3 is 0 Å². The van der Waals surface area contributed by atoms with Crippen LogP contribution in [0.5, 0.6) is 0 Å². The molecule has 0 aromatic heterocycles. The lowest BCUT2D eigenvalue weighted by atomic mass is 10.2. The Morgan fingerprint density at radius 3 is 2.82 bits per heavy atom. The van der Waals surface area contributed by atoms with E-state index in [1.54, 1.807) is 35.2 Å². The van der Waals surface area contributed by atoms with Crippen LogP contribution in [-0.4, -0.2) is 33.7 Å². The molecule has 1 unspecified atom stereocenters. The van der Waals surface area contributed by atoms with Crippen LogP contribution in [-0.2, 0) is 9.59 Å². The van der Waals surface area contributed by atoms with Gasteiger partial charge < -0.3 is 5.32 Å². The monoisotopic (exact) mass is 413 g/mol. The third-order valence-corrected chi connectivity index (χ3v) is 5.55. The SMILES string of the molecule is C=CCN1C(=O)C(CC(=O)Nc2cccc(Cl)c2)SC1=Nc1ccccc1C. The minimum atomic E-state index is -0.526. The molecule has 7 heteroatoms. The summed E-state index contributed by atoms with van der Waals surface area (Å²) in [6.07, 6.45) is 1.71. The Kier molecular flexibility index (Phi) is 6.54. The summed E-state index contributed by atoms with van der Waals surface area (Å²) in [5.74, 6) is -0.387. The van der Waals surface area contributed by atoms with Crippen molar-refractivity contribution in [3.63, 3.8) is 0 Å². The van der Waals surface area contributed by atoms with Crippen LogP contribution in [0.3, 0.4) is 0 Å². The summed E-state index contributed by atoms with van der Waals surface area (Å²) < 4.78 is 0. The van der Waals surface area contributed by atoms with E-state index in [1.807, 2.05) is 31.2 Å². The maximum absolute atomic E-state index is 12.8. The molecular formula is C21H20ClN3O2S. The van der Waals surface area contributed by atoms with Crippen molar-refractivity contribution in [1.29, 1.82) is 0 Å². The third-order valence-electron chi connectivity index (χ3n) is 4.14. The van der Waals surface area contributed by atoms with Gasteiger partial charge in [-0.1, -0.05) is 53.7 Å². The second-order valence-electron chi connectivity index (χ2n) is 6.29. The Bertz CT molecular complexity index is 945. The lowest BCUT2D eigenvalue weighted by Crippen LogP contribution is -2.33. The molecule has 0 aliphatic carbocycles. The summed E-state index contributed by atoms with van der Waals surface area (Å²) in [6, 6.07) is 14.6. The first-order chi connectivity index (χ1) is 13.5. The van der Waals surface area contributed by atoms with Crippen molar-refractivity contribution in [2.24, 2.45) is 4.99 Å². The maximum Gasteiger partial charge on any atom is 0.242 e. The fraction of sp³-hybridized carbons (Fsp3) is 0.190. The molecule has 0 saturated carbocycles. The van der Waals surface area contributed by atoms with E-state index in [-0.39, 0.29) is 18.2 Å². The van der Waals surface area contributed by atoms with Crippen LogP contribution in [0, 0.1) is 6.92 Å². The van der Waals surface area contributed by atoms with Crippen molar-refractivity contribution in [2.75, 3.05) is 11.9 Å². The van der Waals surface area contributed by atoms with E-state index < -0.39 is 5.25 Å². The van der Waals surface area contributed by atoms with Crippen molar-refractivity contribution in [3.05, 3.63) is 71.8 Å². The molecule has 1 atom stereocenters. The van der Waals surface area contributed by atoms with E-state index in [9.17, 15) is 9.59 Å². The van der Waals surface area contributed by atoms with Gasteiger partial charge in [0.1, 0.15) is 5.25 Å². The molecule has 2 amide bonds. The highest BCUT2D eigenvalue weighted by molar-refractivity contribution is 8.15. The number of carbonyl (C=O) groups excluding carboxylic acids is 2. The predicted molar refractivity (Wildman–Crippen MR) is 116 cm³/mol. The molecule has 1 aliphatic heterocycles. The largest absolute Gasteiger partial charge is 0.326 e. The van der Waals surface area contributed by atoms with Crippen LogP contribution in [0.15, 0.2) is 66.2 Å². The number of carbonyl (C=O) groups is 2. The lowest BCUT2D eigenvalue weighted by Gasteiger charge is -2.14. The first-order valence-electron chi connectivity index (χ1n) is 8.76. The number of nitrogens with one attached hydrogen (secondary N) is 1. The summed E-state index contributed by atoms with van der Waals surface area (Å²) in [4.78, 5) is 31.4. The van der Waals surface area contributed by atoms with Crippen molar-refractivity contribution < 1.29 is 9.59 Å². The molecule has 28 heavy (non-hydrogen) atoms. The number of para-hydroxylation sites is 1. The van der Waals surface area contributed by atoms with Crippen molar-refractivity contribution in [2.45, 2.75) is 18.6 Å². The number of aryl methyl sites for hydroxylation is 1. The zero-order chi connectivity index (χ0) is 20.1. The molecule has 1 N–H and O–H groups in total. The van der Waals surface area contributed by atoms with E-state index in [4.69, 9.17) is 11.6 Å². The summed E-state index contributed by atoms with van der Waals surface area (Å²) in [5.41, 5.74) is 2.42. The summed E-state index contributed by atoms with van der Waals surface area (Å²) >= 11 is 7.25. The zero-order valence-corrected chi connectivity index (χ0v) is 17.0. The Balaban J connectivity index is 1.75. The topological polar surface area (TPSA) is 61.8 Å². The Morgan fingerprint density at radius 2 is 2.11 bits per heavy atom. The number of benzene rings is 2. The molecule has 1 aliphatic rings. The Labute approximate surface area is 173 Å². The number of hydrogen-bond donors (Lipinski definition) is 1. The smallest absolute Gasteiger partial charge is 0.242 e. The van der Waals surface area contributed by atoms with Gasteiger partial charge in [-0.3, -0.25) is 14.5 Å². The van der Waals surface area contributed by atoms with Crippen LogP contribution < -0.4 is 5.32 Å². The first-order valence-corrected chi connectivity index (χ1v) is 10.0. The number of halogens is 1. The number of thioether (sulfide) groups is 1.